The monoisotopic (exact) mass is 301 g/mol. The van der Waals surface area contributed by atoms with Crippen LogP contribution in [0.2, 0.25) is 0 Å². The minimum absolute atomic E-state index is 0.269. The van der Waals surface area contributed by atoms with E-state index < -0.39 is 0 Å². The van der Waals surface area contributed by atoms with Crippen molar-refractivity contribution in [2.24, 2.45) is 7.05 Å². The quantitative estimate of drug-likeness (QED) is 0.617. The maximum absolute atomic E-state index is 5.85. The van der Waals surface area contributed by atoms with Gasteiger partial charge < -0.3 is 10.3 Å². The molecule has 4 rings (SSSR count). The number of hydrogen-bond acceptors (Lipinski definition) is 4. The molecule has 3 heterocycles. The molecule has 5 nitrogen and oxygen atoms in total. The zero-order valence-electron chi connectivity index (χ0n) is 12.6. The molecule has 0 fully saturated rings. The summed E-state index contributed by atoms with van der Waals surface area (Å²) in [4.78, 5) is 12.8. The molecule has 3 aromatic heterocycles. The summed E-state index contributed by atoms with van der Waals surface area (Å²) in [6.45, 7) is 0. The van der Waals surface area contributed by atoms with E-state index in [0.717, 1.165) is 33.3 Å². The Bertz CT molecular complexity index is 989. The fraction of sp³-hybridized carbons (Fsp3) is 0.0556. The molecule has 0 spiro atoms. The van der Waals surface area contributed by atoms with Gasteiger partial charge in [-0.3, -0.25) is 4.98 Å². The molecule has 0 unspecified atom stereocenters. The van der Waals surface area contributed by atoms with Crippen LogP contribution < -0.4 is 5.73 Å². The summed E-state index contributed by atoms with van der Waals surface area (Å²) in [7, 11) is 2.03. The lowest BCUT2D eigenvalue weighted by molar-refractivity contribution is 0.969. The zero-order valence-corrected chi connectivity index (χ0v) is 12.6. The first-order chi connectivity index (χ1) is 11.2. The number of aromatic nitrogens is 4. The number of hydrogen-bond donors (Lipinski definition) is 1. The predicted molar refractivity (Wildman–Crippen MR) is 91.6 cm³/mol. The Morgan fingerprint density at radius 3 is 2.61 bits per heavy atom. The second-order valence-electron chi connectivity index (χ2n) is 5.40. The molecule has 5 heteroatoms. The molecule has 0 saturated heterocycles. The van der Waals surface area contributed by atoms with Gasteiger partial charge in [0.05, 0.1) is 5.69 Å². The van der Waals surface area contributed by atoms with Crippen molar-refractivity contribution >= 4 is 16.9 Å². The van der Waals surface area contributed by atoms with Crippen LogP contribution >= 0.6 is 0 Å². The second kappa shape index (κ2) is 5.21. The van der Waals surface area contributed by atoms with Crippen molar-refractivity contribution in [3.05, 3.63) is 61.2 Å². The Labute approximate surface area is 133 Å². The van der Waals surface area contributed by atoms with E-state index in [1.54, 1.807) is 18.6 Å². The van der Waals surface area contributed by atoms with Crippen LogP contribution in [0.5, 0.6) is 0 Å². The Morgan fingerprint density at radius 1 is 1.00 bits per heavy atom. The summed E-state index contributed by atoms with van der Waals surface area (Å²) in [5, 5.41) is 1.14. The number of anilines is 1. The van der Waals surface area contributed by atoms with Crippen LogP contribution in [0.25, 0.3) is 33.3 Å². The van der Waals surface area contributed by atoms with Gasteiger partial charge in [0, 0.05) is 53.9 Å². The van der Waals surface area contributed by atoms with Crippen LogP contribution in [0.3, 0.4) is 0 Å². The van der Waals surface area contributed by atoms with Crippen molar-refractivity contribution in [3.63, 3.8) is 0 Å². The largest absolute Gasteiger partial charge is 0.368 e. The summed E-state index contributed by atoms with van der Waals surface area (Å²) < 4.78 is 2.10. The summed E-state index contributed by atoms with van der Waals surface area (Å²) in [6, 6.07) is 12.1. The van der Waals surface area contributed by atoms with Crippen LogP contribution in [0, 0.1) is 0 Å². The highest BCUT2D eigenvalue weighted by molar-refractivity contribution is 5.98. The fourth-order valence-electron chi connectivity index (χ4n) is 2.87. The molecule has 0 saturated carbocycles. The van der Waals surface area contributed by atoms with Crippen molar-refractivity contribution in [2.75, 3.05) is 5.73 Å². The Hall–Kier alpha value is -3.21. The SMILES string of the molecule is Cn1cc(-c2nc(N)ncc2-c2ccncc2)c2ccccc21. The highest BCUT2D eigenvalue weighted by Crippen LogP contribution is 2.35. The first kappa shape index (κ1) is 13.5. The van der Waals surface area contributed by atoms with Crippen molar-refractivity contribution in [1.29, 1.82) is 0 Å². The van der Waals surface area contributed by atoms with E-state index in [0.29, 0.717) is 0 Å². The smallest absolute Gasteiger partial charge is 0.220 e. The molecule has 0 aliphatic heterocycles. The molecule has 0 radical (unpaired) electrons. The topological polar surface area (TPSA) is 69.6 Å². The third-order valence-electron chi connectivity index (χ3n) is 3.95. The first-order valence-corrected chi connectivity index (χ1v) is 7.31. The second-order valence-corrected chi connectivity index (χ2v) is 5.40. The molecule has 1 aromatic carbocycles. The molecule has 0 aliphatic carbocycles. The molecule has 0 amide bonds. The number of pyridine rings is 1. The van der Waals surface area contributed by atoms with Gasteiger partial charge in [-0.2, -0.15) is 0 Å². The predicted octanol–water partition coefficient (Wildman–Crippen LogP) is 3.28. The molecule has 0 bridgehead atoms. The molecule has 0 atom stereocenters. The van der Waals surface area contributed by atoms with Crippen LogP contribution in [-0.4, -0.2) is 19.5 Å². The number of aryl methyl sites for hydroxylation is 1. The number of nitrogens with two attached hydrogens (primary N) is 1. The summed E-state index contributed by atoms with van der Waals surface area (Å²) in [5.74, 6) is 0.269. The number of benzene rings is 1. The van der Waals surface area contributed by atoms with Crippen LogP contribution in [0.4, 0.5) is 5.95 Å². The van der Waals surface area contributed by atoms with Gasteiger partial charge in [-0.25, -0.2) is 9.97 Å². The van der Waals surface area contributed by atoms with Crippen molar-refractivity contribution in [1.82, 2.24) is 19.5 Å². The maximum atomic E-state index is 5.85. The van der Waals surface area contributed by atoms with Gasteiger partial charge >= 0.3 is 0 Å². The number of rotatable bonds is 2. The van der Waals surface area contributed by atoms with Gasteiger partial charge in [0.1, 0.15) is 0 Å². The van der Waals surface area contributed by atoms with E-state index in [1.807, 2.05) is 31.3 Å². The van der Waals surface area contributed by atoms with Gasteiger partial charge in [0.2, 0.25) is 5.95 Å². The lowest BCUT2D eigenvalue weighted by atomic mass is 10.0. The normalized spacial score (nSPS) is 11.0. The van der Waals surface area contributed by atoms with Crippen molar-refractivity contribution < 1.29 is 0 Å². The van der Waals surface area contributed by atoms with Crippen molar-refractivity contribution in [3.8, 4) is 22.4 Å². The summed E-state index contributed by atoms with van der Waals surface area (Å²) >= 11 is 0. The van der Waals surface area contributed by atoms with E-state index in [-0.39, 0.29) is 5.95 Å². The molecule has 4 aromatic rings. The minimum Gasteiger partial charge on any atom is -0.368 e. The van der Waals surface area contributed by atoms with E-state index >= 15 is 0 Å². The van der Waals surface area contributed by atoms with E-state index in [4.69, 9.17) is 5.73 Å². The Kier molecular flexibility index (Phi) is 3.05. The first-order valence-electron chi connectivity index (χ1n) is 7.31. The molecular formula is C18H15N5. The minimum atomic E-state index is 0.269. The summed E-state index contributed by atoms with van der Waals surface area (Å²) in [6.07, 6.45) is 7.38. The molecule has 0 aliphatic rings. The lowest BCUT2D eigenvalue weighted by Crippen LogP contribution is -1.98. The van der Waals surface area contributed by atoms with Crippen molar-refractivity contribution in [2.45, 2.75) is 0 Å². The maximum Gasteiger partial charge on any atom is 0.220 e. The average molecular weight is 301 g/mol. The van der Waals surface area contributed by atoms with Gasteiger partial charge in [0.15, 0.2) is 0 Å². The van der Waals surface area contributed by atoms with E-state index in [1.165, 1.54) is 0 Å². The highest BCUT2D eigenvalue weighted by atomic mass is 15.0. The number of fused-ring (bicyclic) bond motifs is 1. The third kappa shape index (κ3) is 2.23. The highest BCUT2D eigenvalue weighted by Gasteiger charge is 2.15. The third-order valence-corrected chi connectivity index (χ3v) is 3.95. The number of nitrogens with zero attached hydrogens (tertiary/aromatic N) is 4. The molecule has 112 valence electrons. The van der Waals surface area contributed by atoms with Gasteiger partial charge in [-0.1, -0.05) is 18.2 Å². The molecule has 23 heavy (non-hydrogen) atoms. The van der Waals surface area contributed by atoms with E-state index in [9.17, 15) is 0 Å². The van der Waals surface area contributed by atoms with E-state index in [2.05, 4.69) is 37.8 Å². The summed E-state index contributed by atoms with van der Waals surface area (Å²) in [5.41, 5.74) is 10.8. The Balaban J connectivity index is 2.03. The zero-order chi connectivity index (χ0) is 15.8. The molecular weight excluding hydrogens is 286 g/mol. The van der Waals surface area contributed by atoms with Crippen LogP contribution in [0.15, 0.2) is 61.2 Å². The lowest BCUT2D eigenvalue weighted by Gasteiger charge is -2.08. The Morgan fingerprint density at radius 2 is 1.78 bits per heavy atom. The number of para-hydroxylation sites is 1. The average Bonchev–Trinajstić information content (AvgIpc) is 2.93. The van der Waals surface area contributed by atoms with Crippen LogP contribution in [0.1, 0.15) is 0 Å². The van der Waals surface area contributed by atoms with Crippen LogP contribution in [-0.2, 0) is 7.05 Å². The molecule has 2 N–H and O–H groups in total. The van der Waals surface area contributed by atoms with Gasteiger partial charge in [-0.05, 0) is 23.8 Å². The van der Waals surface area contributed by atoms with Gasteiger partial charge in [-0.15, -0.1) is 0 Å². The number of nitrogen functional groups attached to an aromatic ring is 1. The van der Waals surface area contributed by atoms with Gasteiger partial charge in [0.25, 0.3) is 0 Å². The fourth-order valence-corrected chi connectivity index (χ4v) is 2.87. The standard InChI is InChI=1S/C18H15N5/c1-23-11-15(13-4-2-3-5-16(13)23)17-14(10-21-18(19)22-17)12-6-8-20-9-7-12/h2-11H,1H3,(H2,19,21,22).